The van der Waals surface area contributed by atoms with Crippen molar-refractivity contribution in [2.75, 3.05) is 6.54 Å². The van der Waals surface area contributed by atoms with Gasteiger partial charge in [0.05, 0.1) is 0 Å². The van der Waals surface area contributed by atoms with E-state index in [1.165, 1.54) is 5.56 Å². The van der Waals surface area contributed by atoms with Crippen molar-refractivity contribution in [1.29, 1.82) is 0 Å². The maximum absolute atomic E-state index is 11.9. The molecule has 0 aliphatic carbocycles. The Kier molecular flexibility index (Phi) is 5.16. The first kappa shape index (κ1) is 13.7. The fourth-order valence-electron chi connectivity index (χ4n) is 1.86. The van der Waals surface area contributed by atoms with E-state index in [0.717, 1.165) is 24.0 Å². The zero-order valence-electron chi connectivity index (χ0n) is 10.9. The number of hydrogen-bond donors (Lipinski definition) is 2. The molecule has 17 heavy (non-hydrogen) atoms. The fourth-order valence-corrected chi connectivity index (χ4v) is 1.86. The monoisotopic (exact) mass is 234 g/mol. The standard InChI is InChI=1S/C14H22N2O/c1-4-5-12(15)9-16-14(17)13-7-6-10(2)8-11(13)3/h6-8,12H,4-5,9,15H2,1-3H3,(H,16,17). The Balaban J connectivity index is 2.58. The zero-order valence-corrected chi connectivity index (χ0v) is 10.9. The van der Waals surface area contributed by atoms with Crippen molar-refractivity contribution in [2.45, 2.75) is 39.7 Å². The lowest BCUT2D eigenvalue weighted by Crippen LogP contribution is -2.37. The van der Waals surface area contributed by atoms with E-state index in [-0.39, 0.29) is 11.9 Å². The van der Waals surface area contributed by atoms with E-state index >= 15 is 0 Å². The van der Waals surface area contributed by atoms with Gasteiger partial charge in [0.15, 0.2) is 0 Å². The van der Waals surface area contributed by atoms with E-state index in [0.29, 0.717) is 6.54 Å². The summed E-state index contributed by atoms with van der Waals surface area (Å²) in [5.74, 6) is -0.0333. The number of amides is 1. The molecular weight excluding hydrogens is 212 g/mol. The molecule has 0 saturated heterocycles. The van der Waals surface area contributed by atoms with E-state index in [9.17, 15) is 4.79 Å². The third-order valence-electron chi connectivity index (χ3n) is 2.81. The molecule has 3 N–H and O–H groups in total. The summed E-state index contributed by atoms with van der Waals surface area (Å²) in [6.45, 7) is 6.60. The van der Waals surface area contributed by atoms with Crippen LogP contribution in [0.4, 0.5) is 0 Å². The molecule has 0 aromatic heterocycles. The highest BCUT2D eigenvalue weighted by Gasteiger charge is 2.09. The second kappa shape index (κ2) is 6.40. The van der Waals surface area contributed by atoms with Crippen LogP contribution in [0.15, 0.2) is 18.2 Å². The molecule has 1 unspecified atom stereocenters. The van der Waals surface area contributed by atoms with E-state index in [4.69, 9.17) is 5.73 Å². The highest BCUT2D eigenvalue weighted by atomic mass is 16.1. The second-order valence-electron chi connectivity index (χ2n) is 4.58. The molecule has 0 aliphatic rings. The SMILES string of the molecule is CCCC(N)CNC(=O)c1ccc(C)cc1C. The van der Waals surface area contributed by atoms with Gasteiger partial charge in [0.2, 0.25) is 0 Å². The molecule has 1 amide bonds. The summed E-state index contributed by atoms with van der Waals surface area (Å²) in [5, 5.41) is 2.88. The maximum Gasteiger partial charge on any atom is 0.251 e. The van der Waals surface area contributed by atoms with Crippen LogP contribution >= 0.6 is 0 Å². The van der Waals surface area contributed by atoms with Gasteiger partial charge in [-0.05, 0) is 31.9 Å². The third-order valence-corrected chi connectivity index (χ3v) is 2.81. The summed E-state index contributed by atoms with van der Waals surface area (Å²) in [6, 6.07) is 5.88. The van der Waals surface area contributed by atoms with Crippen LogP contribution < -0.4 is 11.1 Å². The van der Waals surface area contributed by atoms with E-state index in [1.807, 2.05) is 32.0 Å². The third kappa shape index (κ3) is 4.19. The molecule has 1 aromatic carbocycles. The first-order chi connectivity index (χ1) is 8.04. The number of carbonyl (C=O) groups excluding carboxylic acids is 1. The van der Waals surface area contributed by atoms with Crippen LogP contribution in [0.1, 0.15) is 41.3 Å². The van der Waals surface area contributed by atoms with Crippen molar-refractivity contribution in [1.82, 2.24) is 5.32 Å². The van der Waals surface area contributed by atoms with Crippen molar-refractivity contribution in [3.8, 4) is 0 Å². The minimum atomic E-state index is -0.0333. The molecule has 0 radical (unpaired) electrons. The van der Waals surface area contributed by atoms with Gasteiger partial charge in [0, 0.05) is 18.2 Å². The van der Waals surface area contributed by atoms with Gasteiger partial charge >= 0.3 is 0 Å². The molecule has 0 bridgehead atoms. The lowest BCUT2D eigenvalue weighted by atomic mass is 10.1. The molecule has 3 nitrogen and oxygen atoms in total. The Morgan fingerprint density at radius 1 is 1.41 bits per heavy atom. The number of carbonyl (C=O) groups is 1. The lowest BCUT2D eigenvalue weighted by molar-refractivity contribution is 0.0950. The van der Waals surface area contributed by atoms with Gasteiger partial charge < -0.3 is 11.1 Å². The Hall–Kier alpha value is -1.35. The molecule has 94 valence electrons. The van der Waals surface area contributed by atoms with Gasteiger partial charge in [-0.25, -0.2) is 0 Å². The predicted octanol–water partition coefficient (Wildman–Crippen LogP) is 2.16. The molecular formula is C14H22N2O. The highest BCUT2D eigenvalue weighted by Crippen LogP contribution is 2.10. The van der Waals surface area contributed by atoms with Gasteiger partial charge in [0.25, 0.3) is 5.91 Å². The smallest absolute Gasteiger partial charge is 0.251 e. The summed E-state index contributed by atoms with van der Waals surface area (Å²) in [4.78, 5) is 11.9. The van der Waals surface area contributed by atoms with Crippen molar-refractivity contribution < 1.29 is 4.79 Å². The number of benzene rings is 1. The zero-order chi connectivity index (χ0) is 12.8. The van der Waals surface area contributed by atoms with Crippen LogP contribution in [0.3, 0.4) is 0 Å². The average molecular weight is 234 g/mol. The van der Waals surface area contributed by atoms with Crippen LogP contribution in [-0.2, 0) is 0 Å². The highest BCUT2D eigenvalue weighted by molar-refractivity contribution is 5.95. The average Bonchev–Trinajstić information content (AvgIpc) is 2.26. The van der Waals surface area contributed by atoms with E-state index in [2.05, 4.69) is 12.2 Å². The summed E-state index contributed by atoms with van der Waals surface area (Å²) in [6.07, 6.45) is 1.98. The molecule has 1 atom stereocenters. The Morgan fingerprint density at radius 2 is 2.12 bits per heavy atom. The Labute approximate surface area is 103 Å². The number of aryl methyl sites for hydroxylation is 2. The van der Waals surface area contributed by atoms with Gasteiger partial charge in [-0.3, -0.25) is 4.79 Å². The number of hydrogen-bond acceptors (Lipinski definition) is 2. The van der Waals surface area contributed by atoms with E-state index < -0.39 is 0 Å². The predicted molar refractivity (Wildman–Crippen MR) is 71.1 cm³/mol. The van der Waals surface area contributed by atoms with Gasteiger partial charge in [-0.2, -0.15) is 0 Å². The molecule has 1 rings (SSSR count). The fraction of sp³-hybridized carbons (Fsp3) is 0.500. The quantitative estimate of drug-likeness (QED) is 0.820. The summed E-state index contributed by atoms with van der Waals surface area (Å²) in [5.41, 5.74) is 8.77. The summed E-state index contributed by atoms with van der Waals surface area (Å²) in [7, 11) is 0. The van der Waals surface area contributed by atoms with Crippen molar-refractivity contribution in [2.24, 2.45) is 5.73 Å². The van der Waals surface area contributed by atoms with Crippen molar-refractivity contribution in [3.05, 3.63) is 34.9 Å². The number of nitrogens with two attached hydrogens (primary N) is 1. The van der Waals surface area contributed by atoms with Gasteiger partial charge in [-0.1, -0.05) is 31.0 Å². The van der Waals surface area contributed by atoms with Crippen LogP contribution in [0.2, 0.25) is 0 Å². The van der Waals surface area contributed by atoms with Crippen LogP contribution in [0.25, 0.3) is 0 Å². The summed E-state index contributed by atoms with van der Waals surface area (Å²) >= 11 is 0. The largest absolute Gasteiger partial charge is 0.350 e. The van der Waals surface area contributed by atoms with Gasteiger partial charge in [-0.15, -0.1) is 0 Å². The Morgan fingerprint density at radius 3 is 2.71 bits per heavy atom. The molecule has 0 aliphatic heterocycles. The number of rotatable bonds is 5. The minimum Gasteiger partial charge on any atom is -0.350 e. The summed E-state index contributed by atoms with van der Waals surface area (Å²) < 4.78 is 0. The van der Waals surface area contributed by atoms with Crippen molar-refractivity contribution >= 4 is 5.91 Å². The first-order valence-corrected chi connectivity index (χ1v) is 6.15. The molecule has 0 saturated carbocycles. The molecule has 0 fully saturated rings. The van der Waals surface area contributed by atoms with Crippen molar-refractivity contribution in [3.63, 3.8) is 0 Å². The minimum absolute atomic E-state index is 0.0333. The topological polar surface area (TPSA) is 55.1 Å². The number of nitrogens with one attached hydrogen (secondary N) is 1. The van der Waals surface area contributed by atoms with Crippen LogP contribution in [0, 0.1) is 13.8 Å². The first-order valence-electron chi connectivity index (χ1n) is 6.15. The normalized spacial score (nSPS) is 12.2. The van der Waals surface area contributed by atoms with Crippen LogP contribution in [-0.4, -0.2) is 18.5 Å². The van der Waals surface area contributed by atoms with Crippen LogP contribution in [0.5, 0.6) is 0 Å². The lowest BCUT2D eigenvalue weighted by Gasteiger charge is -2.12. The molecule has 1 aromatic rings. The molecule has 0 spiro atoms. The maximum atomic E-state index is 11.9. The molecule has 3 heteroatoms. The Bertz CT molecular complexity index is 388. The molecule has 0 heterocycles. The second-order valence-corrected chi connectivity index (χ2v) is 4.58. The van der Waals surface area contributed by atoms with Gasteiger partial charge in [0.1, 0.15) is 0 Å². The van der Waals surface area contributed by atoms with E-state index in [1.54, 1.807) is 0 Å².